The van der Waals surface area contributed by atoms with Crippen LogP contribution in [0, 0.1) is 36.0 Å². The van der Waals surface area contributed by atoms with Crippen molar-refractivity contribution >= 4 is 33.9 Å². The molecule has 2 bridgehead atoms. The van der Waals surface area contributed by atoms with Crippen molar-refractivity contribution in [2.75, 3.05) is 12.4 Å². The predicted octanol–water partition coefficient (Wildman–Crippen LogP) is 8.70. The minimum atomic E-state index is -4.43. The molecule has 0 saturated heterocycles. The predicted molar refractivity (Wildman–Crippen MR) is 158 cm³/mol. The summed E-state index contributed by atoms with van der Waals surface area (Å²) in [4.78, 5) is 4.59. The van der Waals surface area contributed by atoms with E-state index in [1.165, 1.54) is 19.3 Å². The number of hydrogen-bond acceptors (Lipinski definition) is 3. The van der Waals surface area contributed by atoms with E-state index in [1.54, 1.807) is 20.1 Å². The summed E-state index contributed by atoms with van der Waals surface area (Å²) < 4.78 is 46.0. The Hall–Kier alpha value is -2.87. The molecular formula is C32H38F3N3OS. The van der Waals surface area contributed by atoms with E-state index in [0.717, 1.165) is 40.8 Å². The fraction of sp³-hybridized carbons (Fsp3) is 0.500. The SMILES string of the molecule is COc1ccc2nccc([C@H](NC(=S)Nc3cc(C)cc(C(F)(F)F)c3)C3CC4CCC3CC4C(C)(C)C)c2c1. The average Bonchev–Trinajstić information content (AvgIpc) is 2.90. The molecule has 3 saturated carbocycles. The van der Waals surface area contributed by atoms with E-state index >= 15 is 0 Å². The topological polar surface area (TPSA) is 46.2 Å². The van der Waals surface area contributed by atoms with Gasteiger partial charge in [0.2, 0.25) is 0 Å². The first kappa shape index (κ1) is 28.7. The maximum atomic E-state index is 13.5. The van der Waals surface area contributed by atoms with Crippen molar-refractivity contribution in [3.05, 3.63) is 65.4 Å². The molecule has 3 aromatic rings. The van der Waals surface area contributed by atoms with Crippen molar-refractivity contribution in [3.63, 3.8) is 0 Å². The Morgan fingerprint density at radius 3 is 2.42 bits per heavy atom. The molecule has 1 aromatic heterocycles. The maximum absolute atomic E-state index is 13.5. The molecule has 0 amide bonds. The van der Waals surface area contributed by atoms with Crippen LogP contribution >= 0.6 is 12.2 Å². The fourth-order valence-electron chi connectivity index (χ4n) is 7.24. The summed E-state index contributed by atoms with van der Waals surface area (Å²) in [6, 6.07) is 11.7. The van der Waals surface area contributed by atoms with E-state index in [-0.39, 0.29) is 11.5 Å². The van der Waals surface area contributed by atoms with E-state index in [4.69, 9.17) is 17.0 Å². The van der Waals surface area contributed by atoms with Gasteiger partial charge in [-0.2, -0.15) is 13.2 Å². The molecule has 0 spiro atoms. The molecule has 2 N–H and O–H groups in total. The van der Waals surface area contributed by atoms with Crippen molar-refractivity contribution < 1.29 is 17.9 Å². The van der Waals surface area contributed by atoms with Crippen molar-refractivity contribution in [1.29, 1.82) is 0 Å². The van der Waals surface area contributed by atoms with Crippen LogP contribution in [0.1, 0.15) is 69.2 Å². The van der Waals surface area contributed by atoms with Crippen LogP contribution in [0.5, 0.6) is 5.75 Å². The van der Waals surface area contributed by atoms with Crippen molar-refractivity contribution in [1.82, 2.24) is 10.3 Å². The fourth-order valence-corrected chi connectivity index (χ4v) is 7.48. The van der Waals surface area contributed by atoms with Gasteiger partial charge < -0.3 is 15.4 Å². The number of pyridine rings is 1. The van der Waals surface area contributed by atoms with E-state index in [1.807, 2.05) is 30.5 Å². The van der Waals surface area contributed by atoms with Gasteiger partial charge >= 0.3 is 6.18 Å². The number of ether oxygens (including phenoxy) is 1. The Labute approximate surface area is 240 Å². The highest BCUT2D eigenvalue weighted by Gasteiger charge is 2.48. The standard InChI is InChI=1S/C32H38F3N3OS/c1-18-12-21(32(33,34)35)16-22(13-18)37-30(40)38-29(24-10-11-36-28-9-8-23(39-5)17-26(24)28)25-14-20-7-6-19(25)15-27(20)31(2,3)4/h8-13,16-17,19-20,25,27,29H,6-7,14-15H2,1-5H3,(H2,37,38,40)/t19?,20?,25?,27?,29-/m0/s1. The zero-order chi connectivity index (χ0) is 28.8. The van der Waals surface area contributed by atoms with Crippen molar-refractivity contribution in [2.24, 2.45) is 29.1 Å². The summed E-state index contributed by atoms with van der Waals surface area (Å²) >= 11 is 5.76. The molecule has 8 heteroatoms. The highest BCUT2D eigenvalue weighted by atomic mass is 32.1. The minimum absolute atomic E-state index is 0.127. The van der Waals surface area contributed by atoms with E-state index < -0.39 is 11.7 Å². The maximum Gasteiger partial charge on any atom is 0.416 e. The summed E-state index contributed by atoms with van der Waals surface area (Å²) in [5, 5.41) is 7.93. The molecule has 2 aromatic carbocycles. The lowest BCUT2D eigenvalue weighted by atomic mass is 9.53. The van der Waals surface area contributed by atoms with Crippen LogP contribution in [0.4, 0.5) is 18.9 Å². The number of thiocarbonyl (C=S) groups is 1. The van der Waals surface area contributed by atoms with Gasteiger partial charge in [0.1, 0.15) is 5.75 Å². The average molecular weight is 570 g/mol. The second-order valence-corrected chi connectivity index (χ2v) is 13.1. The van der Waals surface area contributed by atoms with Crippen LogP contribution in [0.2, 0.25) is 0 Å². The molecule has 5 atom stereocenters. The number of nitrogens with one attached hydrogen (secondary N) is 2. The molecule has 4 nitrogen and oxygen atoms in total. The van der Waals surface area contributed by atoms with E-state index in [2.05, 4.69) is 36.4 Å². The van der Waals surface area contributed by atoms with E-state index in [9.17, 15) is 13.2 Å². The third kappa shape index (κ3) is 5.92. The first-order valence-corrected chi connectivity index (χ1v) is 14.4. The summed E-state index contributed by atoms with van der Waals surface area (Å²) in [7, 11) is 1.65. The van der Waals surface area contributed by atoms with Gasteiger partial charge in [-0.05, 0) is 128 Å². The summed E-state index contributed by atoms with van der Waals surface area (Å²) in [6.07, 6.45) is 2.08. The number of nitrogens with zero attached hydrogens (tertiary/aromatic N) is 1. The lowest BCUT2D eigenvalue weighted by Gasteiger charge is -2.54. The number of rotatable bonds is 5. The molecule has 4 unspecified atom stereocenters. The Morgan fingerprint density at radius 2 is 1.77 bits per heavy atom. The zero-order valence-corrected chi connectivity index (χ0v) is 24.5. The molecule has 3 fully saturated rings. The highest BCUT2D eigenvalue weighted by molar-refractivity contribution is 7.80. The van der Waals surface area contributed by atoms with Gasteiger partial charge in [-0.25, -0.2) is 0 Å². The van der Waals surface area contributed by atoms with Crippen LogP contribution in [0.25, 0.3) is 10.9 Å². The summed E-state index contributed by atoms with van der Waals surface area (Å²) in [5.74, 6) is 2.92. The Morgan fingerprint density at radius 1 is 1.02 bits per heavy atom. The monoisotopic (exact) mass is 569 g/mol. The van der Waals surface area contributed by atoms with Gasteiger partial charge in [-0.15, -0.1) is 0 Å². The second-order valence-electron chi connectivity index (χ2n) is 12.7. The quantitative estimate of drug-likeness (QED) is 0.301. The molecule has 6 rings (SSSR count). The number of halogens is 3. The first-order valence-electron chi connectivity index (χ1n) is 14.0. The van der Waals surface area contributed by atoms with Crippen molar-refractivity contribution in [3.8, 4) is 5.75 Å². The number of fused-ring (bicyclic) bond motifs is 4. The van der Waals surface area contributed by atoms with Crippen LogP contribution in [0.3, 0.4) is 0 Å². The number of aryl methyl sites for hydroxylation is 1. The van der Waals surface area contributed by atoms with Crippen LogP contribution in [-0.2, 0) is 6.18 Å². The number of methoxy groups -OCH3 is 1. The molecule has 0 radical (unpaired) electrons. The molecule has 1 heterocycles. The Balaban J connectivity index is 1.50. The van der Waals surface area contributed by atoms with Crippen LogP contribution < -0.4 is 15.4 Å². The lowest BCUT2D eigenvalue weighted by Crippen LogP contribution is -2.48. The third-order valence-electron chi connectivity index (χ3n) is 9.02. The number of aromatic nitrogens is 1. The summed E-state index contributed by atoms with van der Waals surface area (Å²) in [6.45, 7) is 8.70. The largest absolute Gasteiger partial charge is 0.497 e. The Kier molecular flexibility index (Phi) is 7.77. The van der Waals surface area contributed by atoms with Gasteiger partial charge in [0.25, 0.3) is 0 Å². The smallest absolute Gasteiger partial charge is 0.416 e. The number of benzene rings is 2. The molecule has 3 aliphatic rings. The zero-order valence-electron chi connectivity index (χ0n) is 23.7. The van der Waals surface area contributed by atoms with Crippen molar-refractivity contribution in [2.45, 2.75) is 65.6 Å². The molecule has 0 aliphatic heterocycles. The van der Waals surface area contributed by atoms with Gasteiger partial charge in [0, 0.05) is 17.3 Å². The normalized spacial score (nSPS) is 23.6. The van der Waals surface area contributed by atoms with Crippen LogP contribution in [-0.4, -0.2) is 17.2 Å². The number of hydrogen-bond donors (Lipinski definition) is 2. The first-order chi connectivity index (χ1) is 18.8. The number of alkyl halides is 3. The third-order valence-corrected chi connectivity index (χ3v) is 9.24. The minimum Gasteiger partial charge on any atom is -0.497 e. The van der Waals surface area contributed by atoms with Gasteiger partial charge in [-0.3, -0.25) is 4.98 Å². The van der Waals surface area contributed by atoms with E-state index in [0.29, 0.717) is 40.0 Å². The molecule has 214 valence electrons. The Bertz CT molecular complexity index is 1400. The molecule has 40 heavy (non-hydrogen) atoms. The van der Waals surface area contributed by atoms with Gasteiger partial charge in [0.05, 0.1) is 24.2 Å². The summed E-state index contributed by atoms with van der Waals surface area (Å²) in [5.41, 5.74) is 2.35. The van der Waals surface area contributed by atoms with Crippen LogP contribution in [0.15, 0.2) is 48.7 Å². The van der Waals surface area contributed by atoms with Gasteiger partial charge in [0.15, 0.2) is 5.11 Å². The number of anilines is 1. The molecular weight excluding hydrogens is 531 g/mol. The second kappa shape index (κ2) is 10.8. The molecule has 3 aliphatic carbocycles. The highest BCUT2D eigenvalue weighted by Crippen LogP contribution is 2.56. The van der Waals surface area contributed by atoms with Gasteiger partial charge in [-0.1, -0.05) is 20.8 Å². The lowest BCUT2D eigenvalue weighted by molar-refractivity contribution is -0.137.